The van der Waals surface area contributed by atoms with Crippen LogP contribution in [-0.4, -0.2) is 46.7 Å². The maximum atomic E-state index is 13.0. The van der Waals surface area contributed by atoms with Gasteiger partial charge in [0.05, 0.1) is 18.8 Å². The number of benzene rings is 1. The van der Waals surface area contributed by atoms with Crippen molar-refractivity contribution in [2.45, 2.75) is 12.0 Å². The predicted molar refractivity (Wildman–Crippen MR) is 131 cm³/mol. The summed E-state index contributed by atoms with van der Waals surface area (Å²) in [6.45, 7) is 1.41. The molecule has 1 aromatic carbocycles. The van der Waals surface area contributed by atoms with E-state index in [0.717, 1.165) is 0 Å². The van der Waals surface area contributed by atoms with Gasteiger partial charge in [-0.2, -0.15) is 0 Å². The van der Waals surface area contributed by atoms with Gasteiger partial charge >= 0.3 is 5.57 Å². The number of aryl methyl sites for hydroxylation is 1. The maximum absolute atomic E-state index is 13.0. The van der Waals surface area contributed by atoms with Crippen LogP contribution in [0.1, 0.15) is 16.8 Å². The Balaban J connectivity index is 1.45. The summed E-state index contributed by atoms with van der Waals surface area (Å²) < 4.78 is 36.6. The van der Waals surface area contributed by atoms with E-state index in [9.17, 15) is 23.2 Å². The smallest absolute Gasteiger partial charge is 0.420 e. The summed E-state index contributed by atoms with van der Waals surface area (Å²) in [6.07, 6.45) is 3.27. The minimum Gasteiger partial charge on any atom is -0.420 e. The van der Waals surface area contributed by atoms with Gasteiger partial charge in [0.1, 0.15) is 11.6 Å². The number of nitrogens with one attached hydrogen (secondary N) is 1. The van der Waals surface area contributed by atoms with Crippen LogP contribution < -0.4 is 20.5 Å². The normalized spacial score (nSPS) is 16.5. The molecule has 0 aliphatic carbocycles. The molecule has 2 amide bonds. The van der Waals surface area contributed by atoms with E-state index in [1.807, 2.05) is 0 Å². The first-order valence-corrected chi connectivity index (χ1v) is 11.6. The molecule has 1 spiro atoms. The number of amides is 2. The third kappa shape index (κ3) is 5.18. The third-order valence-electron chi connectivity index (χ3n) is 6.28. The minimum atomic E-state index is -3.85. The molecule has 2 aromatic heterocycles. The number of hydrogen-bond acceptors (Lipinski definition) is 6. The maximum Gasteiger partial charge on any atom is 0.487 e. The van der Waals surface area contributed by atoms with E-state index in [1.54, 1.807) is 30.3 Å². The van der Waals surface area contributed by atoms with Crippen molar-refractivity contribution in [3.05, 3.63) is 70.8 Å². The number of pyridine rings is 2. The van der Waals surface area contributed by atoms with Crippen molar-refractivity contribution in [3.8, 4) is 16.9 Å². The zero-order chi connectivity index (χ0) is 26.4. The van der Waals surface area contributed by atoms with E-state index in [-0.39, 0.29) is 28.2 Å². The summed E-state index contributed by atoms with van der Waals surface area (Å²) in [6, 6.07) is 9.90. The summed E-state index contributed by atoms with van der Waals surface area (Å²) in [7, 11) is 1.62. The molecule has 12 heteroatoms. The number of carbonyl (C=O) groups is 2. The van der Waals surface area contributed by atoms with Gasteiger partial charge in [0.15, 0.2) is 0 Å². The molecule has 1 N–H and O–H groups in total. The van der Waals surface area contributed by atoms with E-state index in [1.165, 1.54) is 41.1 Å². The van der Waals surface area contributed by atoms with Crippen LogP contribution in [0.2, 0.25) is 0 Å². The molecular formula is C25H21ClF2N4O5. The topological polar surface area (TPSA) is 103 Å². The van der Waals surface area contributed by atoms with Gasteiger partial charge in [-0.3, -0.25) is 19.3 Å². The van der Waals surface area contributed by atoms with Gasteiger partial charge in [-0.25, -0.2) is 4.98 Å². The highest BCUT2D eigenvalue weighted by molar-refractivity contribution is 6.20. The second-order valence-corrected chi connectivity index (χ2v) is 9.58. The van der Waals surface area contributed by atoms with Crippen molar-refractivity contribution in [2.75, 3.05) is 30.0 Å². The number of carbonyl (C=O) groups excluding carboxylic acids is 2. The van der Waals surface area contributed by atoms with Crippen LogP contribution in [0.5, 0.6) is 5.75 Å². The van der Waals surface area contributed by atoms with Gasteiger partial charge in [0.25, 0.3) is 11.5 Å². The lowest BCUT2D eigenvalue weighted by atomic mass is 9.85. The summed E-state index contributed by atoms with van der Waals surface area (Å²) in [5.41, 5.74) is -2.93. The lowest BCUT2D eigenvalue weighted by Crippen LogP contribution is -2.44. The van der Waals surface area contributed by atoms with Crippen LogP contribution in [0.4, 0.5) is 20.3 Å². The van der Waals surface area contributed by atoms with Crippen LogP contribution in [0.15, 0.2) is 59.7 Å². The van der Waals surface area contributed by atoms with E-state index in [0.29, 0.717) is 48.8 Å². The average Bonchev–Trinajstić information content (AvgIpc) is 3.19. The first-order chi connectivity index (χ1) is 17.5. The van der Waals surface area contributed by atoms with Crippen molar-refractivity contribution >= 4 is 34.9 Å². The Kier molecular flexibility index (Phi) is 6.20. The fraction of sp³-hybridized carbons (Fsp3) is 0.280. The van der Waals surface area contributed by atoms with Gasteiger partial charge in [-0.05, 0) is 42.0 Å². The molecule has 0 atom stereocenters. The zero-order valence-corrected chi connectivity index (χ0v) is 20.3. The number of hydrogen-bond donors (Lipinski definition) is 1. The van der Waals surface area contributed by atoms with Crippen LogP contribution >= 0.6 is 11.6 Å². The lowest BCUT2D eigenvalue weighted by molar-refractivity contribution is -0.126. The number of alkyl halides is 3. The summed E-state index contributed by atoms with van der Waals surface area (Å²) in [5.74, 6) is -0.469. The number of rotatable bonds is 6. The van der Waals surface area contributed by atoms with Gasteiger partial charge in [0.2, 0.25) is 5.91 Å². The standard InChI is InChI=1S/C25H21ClF2N4O5/c1-31-7-6-15(9-20(31)33)19-8-16(11-29-22(19)32-12-24(10-21(32)34)13-36-14-24)23(35)30-17-2-4-18(5-3-17)37-25(26,27)28/h2-9,11H,10,12-14H2,1H3,(H,30,35). The van der Waals surface area contributed by atoms with Gasteiger partial charge in [-0.1, -0.05) is 0 Å². The molecule has 5 rings (SSSR count). The van der Waals surface area contributed by atoms with Gasteiger partial charge < -0.3 is 19.4 Å². The molecule has 0 bridgehead atoms. The Hall–Kier alpha value is -3.83. The van der Waals surface area contributed by atoms with Crippen molar-refractivity contribution in [1.29, 1.82) is 0 Å². The summed E-state index contributed by atoms with van der Waals surface area (Å²) in [5, 5.41) is 2.66. The molecule has 0 saturated carbocycles. The van der Waals surface area contributed by atoms with E-state index in [2.05, 4.69) is 15.0 Å². The third-order valence-corrected chi connectivity index (χ3v) is 6.36. The lowest BCUT2D eigenvalue weighted by Gasteiger charge is -2.36. The summed E-state index contributed by atoms with van der Waals surface area (Å²) in [4.78, 5) is 44.3. The molecule has 192 valence electrons. The molecule has 2 saturated heterocycles. The largest absolute Gasteiger partial charge is 0.487 e. The highest BCUT2D eigenvalue weighted by Crippen LogP contribution is 2.42. The SMILES string of the molecule is Cn1ccc(-c2cc(C(=O)Nc3ccc(OC(F)(F)Cl)cc3)cnc2N2CC3(COC3)CC2=O)cc1=O. The van der Waals surface area contributed by atoms with Crippen molar-refractivity contribution < 1.29 is 27.8 Å². The first kappa shape index (κ1) is 24.8. The van der Waals surface area contributed by atoms with Gasteiger partial charge in [0, 0.05) is 66.7 Å². The highest BCUT2D eigenvalue weighted by atomic mass is 35.5. The number of anilines is 2. The van der Waals surface area contributed by atoms with Crippen LogP contribution in [0.3, 0.4) is 0 Å². The Morgan fingerprint density at radius 3 is 2.51 bits per heavy atom. The molecule has 4 heterocycles. The summed E-state index contributed by atoms with van der Waals surface area (Å²) >= 11 is 4.77. The first-order valence-electron chi connectivity index (χ1n) is 11.2. The molecule has 3 aromatic rings. The fourth-order valence-electron chi connectivity index (χ4n) is 4.34. The van der Waals surface area contributed by atoms with Crippen LogP contribution in [0, 0.1) is 5.41 Å². The molecular weight excluding hydrogens is 510 g/mol. The molecule has 37 heavy (non-hydrogen) atoms. The van der Waals surface area contributed by atoms with E-state index in [4.69, 9.17) is 16.3 Å². The Bertz CT molecular complexity index is 1430. The van der Waals surface area contributed by atoms with Crippen LogP contribution in [0.25, 0.3) is 11.1 Å². The molecule has 0 unspecified atom stereocenters. The number of ether oxygens (including phenoxy) is 2. The second kappa shape index (κ2) is 9.24. The van der Waals surface area contributed by atoms with Crippen LogP contribution in [-0.2, 0) is 16.6 Å². The Morgan fingerprint density at radius 2 is 1.92 bits per heavy atom. The Morgan fingerprint density at radius 1 is 1.19 bits per heavy atom. The monoisotopic (exact) mass is 530 g/mol. The zero-order valence-electron chi connectivity index (χ0n) is 19.5. The van der Waals surface area contributed by atoms with Crippen molar-refractivity contribution in [2.24, 2.45) is 12.5 Å². The minimum absolute atomic E-state index is 0.108. The fourth-order valence-corrected chi connectivity index (χ4v) is 4.43. The quantitative estimate of drug-likeness (QED) is 0.488. The molecule has 2 aliphatic rings. The predicted octanol–water partition coefficient (Wildman–Crippen LogP) is 3.62. The average molecular weight is 531 g/mol. The molecule has 9 nitrogen and oxygen atoms in total. The highest BCUT2D eigenvalue weighted by Gasteiger charge is 2.49. The molecule has 2 aliphatic heterocycles. The van der Waals surface area contributed by atoms with Gasteiger partial charge in [-0.15, -0.1) is 8.78 Å². The molecule has 0 radical (unpaired) electrons. The number of nitrogens with zero attached hydrogens (tertiary/aromatic N) is 3. The molecule has 2 fully saturated rings. The number of halogens is 3. The number of aromatic nitrogens is 2. The van der Waals surface area contributed by atoms with E-state index >= 15 is 0 Å². The Labute approximate surface area is 214 Å². The van der Waals surface area contributed by atoms with E-state index < -0.39 is 11.5 Å². The second-order valence-electron chi connectivity index (χ2n) is 9.14. The van der Waals surface area contributed by atoms with Crippen molar-refractivity contribution in [3.63, 3.8) is 0 Å². The van der Waals surface area contributed by atoms with Crippen molar-refractivity contribution in [1.82, 2.24) is 9.55 Å².